The smallest absolute Gasteiger partial charge is 0.132 e. The second kappa shape index (κ2) is 4.36. The van der Waals surface area contributed by atoms with Crippen molar-refractivity contribution in [1.82, 2.24) is 9.97 Å². The maximum Gasteiger partial charge on any atom is 0.132 e. The van der Waals surface area contributed by atoms with Gasteiger partial charge in [0.25, 0.3) is 0 Å². The Balaban J connectivity index is 2.09. The van der Waals surface area contributed by atoms with E-state index in [-0.39, 0.29) is 10.8 Å². The summed E-state index contributed by atoms with van der Waals surface area (Å²) in [5.74, 6) is 1.97. The quantitative estimate of drug-likeness (QED) is 0.770. The Hall–Kier alpha value is -1.77. The molecule has 2 aromatic rings. The van der Waals surface area contributed by atoms with Crippen LogP contribution in [0.2, 0.25) is 0 Å². The predicted molar refractivity (Wildman–Crippen MR) is 85.8 cm³/mol. The second-order valence-electron chi connectivity index (χ2n) is 7.91. The van der Waals surface area contributed by atoms with Gasteiger partial charge in [-0.05, 0) is 23.1 Å². The molecule has 0 fully saturated rings. The zero-order valence-electron chi connectivity index (χ0n) is 13.8. The summed E-state index contributed by atoms with van der Waals surface area (Å²) in [5.41, 5.74) is 4.68. The highest BCUT2D eigenvalue weighted by Crippen LogP contribution is 2.39. The molecule has 2 heterocycles. The van der Waals surface area contributed by atoms with Crippen LogP contribution in [0.5, 0.6) is 5.75 Å². The zero-order valence-corrected chi connectivity index (χ0v) is 13.8. The van der Waals surface area contributed by atoms with Crippen molar-refractivity contribution >= 4 is 0 Å². The molecule has 1 aliphatic rings. The number of hydrogen-bond acceptors (Lipinski definition) is 2. The highest BCUT2D eigenvalue weighted by Gasteiger charge is 2.27. The molecule has 3 heteroatoms. The summed E-state index contributed by atoms with van der Waals surface area (Å²) < 4.78 is 5.93. The Kier molecular flexibility index (Phi) is 2.94. The SMILES string of the molecule is CC(C)(C)c1ccc2c(c1)OCc1nc(C(C)(C)C)[nH]c1-2. The van der Waals surface area contributed by atoms with Crippen LogP contribution in [0.3, 0.4) is 0 Å². The van der Waals surface area contributed by atoms with Gasteiger partial charge >= 0.3 is 0 Å². The van der Waals surface area contributed by atoms with Crippen LogP contribution in [-0.4, -0.2) is 9.97 Å². The molecule has 0 atom stereocenters. The average molecular weight is 284 g/mol. The summed E-state index contributed by atoms with van der Waals surface area (Å²) in [4.78, 5) is 8.21. The number of fused-ring (bicyclic) bond motifs is 3. The van der Waals surface area contributed by atoms with Gasteiger partial charge < -0.3 is 9.72 Å². The molecule has 0 saturated heterocycles. The number of benzene rings is 1. The first-order valence-corrected chi connectivity index (χ1v) is 7.53. The van der Waals surface area contributed by atoms with Crippen LogP contribution in [0.4, 0.5) is 0 Å². The van der Waals surface area contributed by atoms with Crippen LogP contribution in [0.1, 0.15) is 58.6 Å². The van der Waals surface area contributed by atoms with Crippen molar-refractivity contribution < 1.29 is 4.74 Å². The van der Waals surface area contributed by atoms with E-state index in [0.29, 0.717) is 6.61 Å². The Morgan fingerprint density at radius 3 is 2.38 bits per heavy atom. The molecule has 21 heavy (non-hydrogen) atoms. The fourth-order valence-electron chi connectivity index (χ4n) is 2.55. The Bertz CT molecular complexity index is 684. The van der Waals surface area contributed by atoms with Crippen molar-refractivity contribution in [3.05, 3.63) is 35.3 Å². The van der Waals surface area contributed by atoms with E-state index in [1.807, 2.05) is 0 Å². The predicted octanol–water partition coefficient (Wildman–Crippen LogP) is 4.56. The first-order valence-electron chi connectivity index (χ1n) is 7.53. The van der Waals surface area contributed by atoms with Crippen LogP contribution >= 0.6 is 0 Å². The van der Waals surface area contributed by atoms with Crippen molar-refractivity contribution in [3.8, 4) is 17.0 Å². The number of hydrogen-bond donors (Lipinski definition) is 1. The van der Waals surface area contributed by atoms with Crippen LogP contribution in [0.15, 0.2) is 18.2 Å². The third-order valence-corrected chi connectivity index (χ3v) is 3.97. The van der Waals surface area contributed by atoms with Crippen molar-refractivity contribution in [2.45, 2.75) is 59.0 Å². The van der Waals surface area contributed by atoms with Gasteiger partial charge in [0.1, 0.15) is 23.9 Å². The molecule has 0 spiro atoms. The van der Waals surface area contributed by atoms with E-state index in [4.69, 9.17) is 9.72 Å². The molecule has 1 aromatic heterocycles. The highest BCUT2D eigenvalue weighted by molar-refractivity contribution is 5.72. The van der Waals surface area contributed by atoms with E-state index in [1.165, 1.54) is 5.56 Å². The van der Waals surface area contributed by atoms with Gasteiger partial charge in [-0.2, -0.15) is 0 Å². The van der Waals surface area contributed by atoms with Crippen LogP contribution < -0.4 is 4.74 Å². The van der Waals surface area contributed by atoms with Gasteiger partial charge in [-0.1, -0.05) is 47.6 Å². The fraction of sp³-hybridized carbons (Fsp3) is 0.500. The van der Waals surface area contributed by atoms with Gasteiger partial charge in [0, 0.05) is 11.0 Å². The molecule has 0 aliphatic carbocycles. The lowest BCUT2D eigenvalue weighted by Gasteiger charge is -2.23. The maximum absolute atomic E-state index is 5.93. The molecule has 0 saturated carbocycles. The van der Waals surface area contributed by atoms with E-state index in [0.717, 1.165) is 28.5 Å². The van der Waals surface area contributed by atoms with E-state index in [1.54, 1.807) is 0 Å². The number of nitrogens with one attached hydrogen (secondary N) is 1. The number of ether oxygens (including phenoxy) is 1. The van der Waals surface area contributed by atoms with Gasteiger partial charge in [-0.3, -0.25) is 0 Å². The lowest BCUT2D eigenvalue weighted by atomic mass is 9.86. The van der Waals surface area contributed by atoms with E-state index < -0.39 is 0 Å². The first-order chi connectivity index (χ1) is 9.66. The molecule has 1 aliphatic heterocycles. The molecule has 1 N–H and O–H groups in total. The van der Waals surface area contributed by atoms with Crippen LogP contribution in [-0.2, 0) is 17.4 Å². The van der Waals surface area contributed by atoms with Gasteiger partial charge in [-0.15, -0.1) is 0 Å². The molecule has 0 amide bonds. The summed E-state index contributed by atoms with van der Waals surface area (Å²) in [6.45, 7) is 13.7. The first kappa shape index (κ1) is 14.2. The molecule has 0 radical (unpaired) electrons. The molecular formula is C18H24N2O. The number of H-pyrrole nitrogens is 1. The minimum absolute atomic E-state index is 0.0167. The van der Waals surface area contributed by atoms with Gasteiger partial charge in [0.05, 0.1) is 5.69 Å². The Labute approximate surface area is 126 Å². The van der Waals surface area contributed by atoms with Crippen molar-refractivity contribution in [1.29, 1.82) is 0 Å². The van der Waals surface area contributed by atoms with Crippen LogP contribution in [0.25, 0.3) is 11.3 Å². The Morgan fingerprint density at radius 2 is 1.76 bits per heavy atom. The van der Waals surface area contributed by atoms with Gasteiger partial charge in [0.15, 0.2) is 0 Å². The summed E-state index contributed by atoms with van der Waals surface area (Å²) in [6, 6.07) is 6.50. The second-order valence-corrected chi connectivity index (χ2v) is 7.91. The number of rotatable bonds is 0. The minimum Gasteiger partial charge on any atom is -0.486 e. The third kappa shape index (κ3) is 2.45. The molecule has 0 bridgehead atoms. The third-order valence-electron chi connectivity index (χ3n) is 3.97. The molecule has 1 aromatic carbocycles. The van der Waals surface area contributed by atoms with Crippen molar-refractivity contribution in [2.75, 3.05) is 0 Å². The zero-order chi connectivity index (χ0) is 15.4. The molecular weight excluding hydrogens is 260 g/mol. The maximum atomic E-state index is 5.93. The average Bonchev–Trinajstić information content (AvgIpc) is 2.81. The monoisotopic (exact) mass is 284 g/mol. The van der Waals surface area contributed by atoms with E-state index in [2.05, 4.69) is 64.7 Å². The van der Waals surface area contributed by atoms with Gasteiger partial charge in [0.2, 0.25) is 0 Å². The Morgan fingerprint density at radius 1 is 1.05 bits per heavy atom. The molecule has 112 valence electrons. The minimum atomic E-state index is 0.0167. The summed E-state index contributed by atoms with van der Waals surface area (Å²) in [5, 5.41) is 0. The van der Waals surface area contributed by atoms with Gasteiger partial charge in [-0.25, -0.2) is 4.98 Å². The highest BCUT2D eigenvalue weighted by atomic mass is 16.5. The largest absolute Gasteiger partial charge is 0.486 e. The van der Waals surface area contributed by atoms with E-state index >= 15 is 0 Å². The molecule has 3 nitrogen and oxygen atoms in total. The summed E-state index contributed by atoms with van der Waals surface area (Å²) in [7, 11) is 0. The lowest BCUT2D eigenvalue weighted by molar-refractivity contribution is 0.296. The standard InChI is InChI=1S/C18H24N2O/c1-17(2,3)11-7-8-12-14(9-11)21-10-13-15(12)20-16(19-13)18(4,5)6/h7-9H,10H2,1-6H3,(H,19,20). The molecule has 3 rings (SSSR count). The van der Waals surface area contributed by atoms with Crippen LogP contribution in [0, 0.1) is 0 Å². The normalized spacial score (nSPS) is 14.4. The molecule has 0 unspecified atom stereocenters. The number of aromatic amines is 1. The topological polar surface area (TPSA) is 37.9 Å². The van der Waals surface area contributed by atoms with Crippen molar-refractivity contribution in [2.24, 2.45) is 0 Å². The summed E-state index contributed by atoms with van der Waals surface area (Å²) >= 11 is 0. The number of imidazole rings is 1. The van der Waals surface area contributed by atoms with Crippen molar-refractivity contribution in [3.63, 3.8) is 0 Å². The number of aromatic nitrogens is 2. The summed E-state index contributed by atoms with van der Waals surface area (Å²) in [6.07, 6.45) is 0. The van der Waals surface area contributed by atoms with E-state index in [9.17, 15) is 0 Å². The number of nitrogens with zero attached hydrogens (tertiary/aromatic N) is 1. The lowest BCUT2D eigenvalue weighted by Crippen LogP contribution is -2.13. The fourth-order valence-corrected chi connectivity index (χ4v) is 2.55.